The van der Waals surface area contributed by atoms with Gasteiger partial charge < -0.3 is 10.1 Å². The Morgan fingerprint density at radius 2 is 2.00 bits per heavy atom. The predicted octanol–water partition coefficient (Wildman–Crippen LogP) is 3.69. The number of nitrogens with one attached hydrogen (secondary N) is 2. The van der Waals surface area contributed by atoms with Crippen molar-refractivity contribution in [1.29, 1.82) is 0 Å². The number of aromatic nitrogens is 4. The fraction of sp³-hybridized carbons (Fsp3) is 0.150. The second kappa shape index (κ2) is 8.56. The molecule has 8 nitrogen and oxygen atoms in total. The molecule has 152 valence electrons. The molecule has 0 aliphatic heterocycles. The first kappa shape index (κ1) is 19.9. The number of anilines is 1. The summed E-state index contributed by atoms with van der Waals surface area (Å²) in [6.45, 7) is 4.33. The number of hydrogen-bond donors (Lipinski definition) is 2. The number of carbonyl (C=O) groups excluding carboxylic acids is 1. The van der Waals surface area contributed by atoms with Gasteiger partial charge in [-0.3, -0.25) is 10.1 Å². The maximum atomic E-state index is 12.4. The van der Waals surface area contributed by atoms with Crippen LogP contribution in [0.4, 0.5) is 5.69 Å². The molecule has 30 heavy (non-hydrogen) atoms. The van der Waals surface area contributed by atoms with Crippen molar-refractivity contribution in [2.45, 2.75) is 13.8 Å². The lowest BCUT2D eigenvalue weighted by Gasteiger charge is -2.10. The van der Waals surface area contributed by atoms with Gasteiger partial charge in [-0.2, -0.15) is 9.61 Å². The maximum Gasteiger partial charge on any atom is 0.257 e. The smallest absolute Gasteiger partial charge is 0.257 e. The molecule has 2 aromatic carbocycles. The van der Waals surface area contributed by atoms with Crippen LogP contribution in [0.3, 0.4) is 0 Å². The van der Waals surface area contributed by atoms with Gasteiger partial charge in [-0.1, -0.05) is 23.5 Å². The summed E-state index contributed by atoms with van der Waals surface area (Å²) < 4.78 is 7.10. The molecule has 0 spiro atoms. The minimum atomic E-state index is -0.296. The molecule has 1 amide bonds. The van der Waals surface area contributed by atoms with E-state index in [1.54, 1.807) is 28.8 Å². The van der Waals surface area contributed by atoms with Crippen LogP contribution in [0, 0.1) is 6.92 Å². The Bertz CT molecular complexity index is 1220. The molecular weight excluding hydrogens is 420 g/mol. The summed E-state index contributed by atoms with van der Waals surface area (Å²) in [7, 11) is 0. The van der Waals surface area contributed by atoms with Crippen LogP contribution in [0.25, 0.3) is 15.5 Å². The molecule has 0 saturated heterocycles. The van der Waals surface area contributed by atoms with Gasteiger partial charge in [-0.25, -0.2) is 0 Å². The number of nitrogens with zero attached hydrogens (tertiary/aromatic N) is 4. The lowest BCUT2D eigenvalue weighted by atomic mass is 10.2. The van der Waals surface area contributed by atoms with Gasteiger partial charge in [0.1, 0.15) is 10.8 Å². The van der Waals surface area contributed by atoms with Gasteiger partial charge in [-0.05, 0) is 62.5 Å². The normalized spacial score (nSPS) is 10.7. The average molecular weight is 439 g/mol. The number of thiocarbonyl (C=S) groups is 1. The van der Waals surface area contributed by atoms with E-state index in [9.17, 15) is 4.79 Å². The third-order valence-electron chi connectivity index (χ3n) is 4.17. The fourth-order valence-corrected chi connectivity index (χ4v) is 3.86. The number of rotatable bonds is 5. The van der Waals surface area contributed by atoms with E-state index in [-0.39, 0.29) is 11.0 Å². The summed E-state index contributed by atoms with van der Waals surface area (Å²) in [5.74, 6) is 1.16. The highest BCUT2D eigenvalue weighted by Crippen LogP contribution is 2.27. The zero-order valence-corrected chi connectivity index (χ0v) is 17.9. The van der Waals surface area contributed by atoms with Crippen LogP contribution in [-0.2, 0) is 0 Å². The number of ether oxygens (including phenoxy) is 1. The average Bonchev–Trinajstić information content (AvgIpc) is 3.31. The molecule has 0 bridgehead atoms. The fourth-order valence-electron chi connectivity index (χ4n) is 2.77. The summed E-state index contributed by atoms with van der Waals surface area (Å²) in [5.41, 5.74) is 2.15. The molecule has 0 radical (unpaired) electrons. The van der Waals surface area contributed by atoms with Gasteiger partial charge in [0.2, 0.25) is 4.96 Å². The van der Waals surface area contributed by atoms with E-state index in [0.717, 1.165) is 27.0 Å². The molecule has 2 heterocycles. The lowest BCUT2D eigenvalue weighted by molar-refractivity contribution is 0.0977. The lowest BCUT2D eigenvalue weighted by Crippen LogP contribution is -2.34. The van der Waals surface area contributed by atoms with Crippen LogP contribution in [0.1, 0.15) is 23.1 Å². The predicted molar refractivity (Wildman–Crippen MR) is 120 cm³/mol. The van der Waals surface area contributed by atoms with Gasteiger partial charge in [0, 0.05) is 16.8 Å². The summed E-state index contributed by atoms with van der Waals surface area (Å²) in [5, 5.41) is 19.4. The molecule has 0 aliphatic carbocycles. The summed E-state index contributed by atoms with van der Waals surface area (Å²) in [6, 6.07) is 14.5. The van der Waals surface area contributed by atoms with Crippen LogP contribution in [0.15, 0.2) is 48.5 Å². The second-order valence-corrected chi connectivity index (χ2v) is 7.66. The molecular formula is C20H18N6O2S2. The van der Waals surface area contributed by atoms with Crippen molar-refractivity contribution in [1.82, 2.24) is 25.1 Å². The Labute approximate surface area is 181 Å². The number of amides is 1. The number of benzene rings is 2. The van der Waals surface area contributed by atoms with Crippen molar-refractivity contribution in [2.24, 2.45) is 0 Å². The van der Waals surface area contributed by atoms with Gasteiger partial charge in [-0.15, -0.1) is 10.2 Å². The number of hydrogen-bond acceptors (Lipinski definition) is 7. The van der Waals surface area contributed by atoms with Gasteiger partial charge in [0.25, 0.3) is 5.91 Å². The standard InChI is InChI=1S/C20H18N6O2S2/c1-3-28-16-9-7-13(8-10-16)17(27)22-19(29)21-15-6-4-5-14(11-15)18-25-26-12(2)23-24-20(26)30-18/h4-11H,3H2,1-2H3,(H2,21,22,27,29). The van der Waals surface area contributed by atoms with Crippen molar-refractivity contribution in [3.8, 4) is 16.3 Å². The molecule has 0 saturated carbocycles. The maximum absolute atomic E-state index is 12.4. The molecule has 2 aromatic heterocycles. The van der Waals surface area contributed by atoms with Gasteiger partial charge in [0.05, 0.1) is 6.61 Å². The Morgan fingerprint density at radius 1 is 1.20 bits per heavy atom. The van der Waals surface area contributed by atoms with Crippen LogP contribution in [-0.4, -0.2) is 37.4 Å². The third-order valence-corrected chi connectivity index (χ3v) is 5.32. The first-order chi connectivity index (χ1) is 14.5. The molecule has 10 heteroatoms. The van der Waals surface area contributed by atoms with Gasteiger partial charge in [0.15, 0.2) is 10.9 Å². The van der Waals surface area contributed by atoms with Crippen LogP contribution >= 0.6 is 23.6 Å². The van der Waals surface area contributed by atoms with E-state index >= 15 is 0 Å². The van der Waals surface area contributed by atoms with E-state index in [4.69, 9.17) is 17.0 Å². The monoisotopic (exact) mass is 438 g/mol. The summed E-state index contributed by atoms with van der Waals surface area (Å²) in [4.78, 5) is 13.1. The Hall–Kier alpha value is -3.37. The number of carbonyl (C=O) groups is 1. The van der Waals surface area contributed by atoms with Crippen molar-refractivity contribution in [2.75, 3.05) is 11.9 Å². The zero-order valence-electron chi connectivity index (χ0n) is 16.2. The van der Waals surface area contributed by atoms with Crippen molar-refractivity contribution >= 4 is 45.2 Å². The van der Waals surface area contributed by atoms with Crippen molar-refractivity contribution < 1.29 is 9.53 Å². The van der Waals surface area contributed by atoms with Crippen molar-refractivity contribution in [3.63, 3.8) is 0 Å². The highest BCUT2D eigenvalue weighted by molar-refractivity contribution is 7.80. The molecule has 0 fully saturated rings. The quantitative estimate of drug-likeness (QED) is 0.459. The van der Waals surface area contributed by atoms with Crippen LogP contribution in [0.2, 0.25) is 0 Å². The summed E-state index contributed by atoms with van der Waals surface area (Å²) in [6.07, 6.45) is 0. The first-order valence-corrected chi connectivity index (χ1v) is 10.4. The molecule has 2 N–H and O–H groups in total. The topological polar surface area (TPSA) is 93.4 Å². The van der Waals surface area contributed by atoms with E-state index < -0.39 is 0 Å². The first-order valence-electron chi connectivity index (χ1n) is 9.18. The zero-order chi connectivity index (χ0) is 21.1. The minimum Gasteiger partial charge on any atom is -0.494 e. The number of fused-ring (bicyclic) bond motifs is 1. The molecule has 4 rings (SSSR count). The third kappa shape index (κ3) is 4.29. The molecule has 4 aromatic rings. The largest absolute Gasteiger partial charge is 0.494 e. The van der Waals surface area contributed by atoms with Crippen LogP contribution < -0.4 is 15.4 Å². The Kier molecular flexibility index (Phi) is 5.68. The van der Waals surface area contributed by atoms with Crippen LogP contribution in [0.5, 0.6) is 5.75 Å². The Balaban J connectivity index is 1.43. The van der Waals surface area contributed by atoms with Crippen molar-refractivity contribution in [3.05, 3.63) is 59.9 Å². The van der Waals surface area contributed by atoms with E-state index in [1.165, 1.54) is 11.3 Å². The molecule has 0 unspecified atom stereocenters. The number of aryl methyl sites for hydroxylation is 1. The SMILES string of the molecule is CCOc1ccc(C(=O)NC(=S)Nc2cccc(-c3nn4c(C)nnc4s3)c2)cc1. The summed E-state index contributed by atoms with van der Waals surface area (Å²) >= 11 is 6.74. The van der Waals surface area contributed by atoms with Gasteiger partial charge >= 0.3 is 0 Å². The van der Waals surface area contributed by atoms with E-state index in [2.05, 4.69) is 25.9 Å². The second-order valence-electron chi connectivity index (χ2n) is 6.30. The highest BCUT2D eigenvalue weighted by Gasteiger charge is 2.12. The molecule has 0 atom stereocenters. The molecule has 0 aliphatic rings. The van der Waals surface area contributed by atoms with E-state index in [0.29, 0.717) is 17.9 Å². The Morgan fingerprint density at radius 3 is 2.73 bits per heavy atom. The minimum absolute atomic E-state index is 0.208. The van der Waals surface area contributed by atoms with E-state index in [1.807, 2.05) is 38.1 Å². The highest BCUT2D eigenvalue weighted by atomic mass is 32.1.